The highest BCUT2D eigenvalue weighted by atomic mass is 79.9. The Hall–Kier alpha value is -3.72. The molecule has 8 nitrogen and oxygen atoms in total. The molecule has 3 heterocycles. The molecule has 2 aromatic carbocycles. The van der Waals surface area contributed by atoms with Crippen molar-refractivity contribution in [2.24, 2.45) is 7.05 Å². The van der Waals surface area contributed by atoms with Crippen molar-refractivity contribution in [3.05, 3.63) is 82.6 Å². The summed E-state index contributed by atoms with van der Waals surface area (Å²) in [5, 5.41) is 8.26. The Morgan fingerprint density at radius 3 is 2.54 bits per heavy atom. The number of hydrogen-bond acceptors (Lipinski definition) is 5. The predicted molar refractivity (Wildman–Crippen MR) is 146 cm³/mol. The van der Waals surface area contributed by atoms with E-state index in [0.29, 0.717) is 30.5 Å². The first-order chi connectivity index (χ1) is 17.9. The number of amides is 2. The summed E-state index contributed by atoms with van der Waals surface area (Å²) in [5.74, 6) is 0.603. The fourth-order valence-electron chi connectivity index (χ4n) is 4.68. The molecule has 9 heteroatoms. The van der Waals surface area contributed by atoms with E-state index in [1.54, 1.807) is 29.9 Å². The number of nitrogens with zero attached hydrogens (tertiary/aromatic N) is 4. The second-order valence-corrected chi connectivity index (χ2v) is 10.0. The van der Waals surface area contributed by atoms with E-state index in [4.69, 9.17) is 4.74 Å². The van der Waals surface area contributed by atoms with Crippen LogP contribution in [0.3, 0.4) is 0 Å². The maximum absolute atomic E-state index is 13.2. The molecular weight excluding hydrogens is 534 g/mol. The molecular formula is C28H28BrN5O3. The van der Waals surface area contributed by atoms with E-state index in [-0.39, 0.29) is 11.8 Å². The van der Waals surface area contributed by atoms with Gasteiger partial charge < -0.3 is 15.0 Å². The molecule has 4 aromatic rings. The highest BCUT2D eigenvalue weighted by molar-refractivity contribution is 9.10. The maximum atomic E-state index is 13.2. The van der Waals surface area contributed by atoms with Crippen molar-refractivity contribution < 1.29 is 14.3 Å². The van der Waals surface area contributed by atoms with Gasteiger partial charge in [0.1, 0.15) is 4.60 Å². The van der Waals surface area contributed by atoms with Crippen molar-refractivity contribution >= 4 is 44.3 Å². The first-order valence-corrected chi connectivity index (χ1v) is 13.1. The minimum atomic E-state index is -0.670. The molecule has 37 heavy (non-hydrogen) atoms. The lowest BCUT2D eigenvalue weighted by molar-refractivity contribution is -0.122. The van der Waals surface area contributed by atoms with Crippen molar-refractivity contribution in [1.82, 2.24) is 19.7 Å². The number of ether oxygens (including phenoxy) is 1. The summed E-state index contributed by atoms with van der Waals surface area (Å²) in [6.07, 6.45) is 2.74. The standard InChI is InChI=1S/C28H28BrN5O3/c1-18(37-25-5-3-4-14-30-25)27(35)31-22-9-6-19(7-10-22)20-12-15-34(16-13-20)28(36)21-8-11-23-24(17-21)33(2)32-26(23)29/h3-11,14,17-18,20H,12-13,15-16H2,1-2H3,(H,31,35). The fraction of sp³-hybridized carbons (Fsp3) is 0.286. The van der Waals surface area contributed by atoms with Crippen LogP contribution in [-0.4, -0.2) is 50.7 Å². The van der Waals surface area contributed by atoms with Crippen LogP contribution in [0.4, 0.5) is 5.69 Å². The lowest BCUT2D eigenvalue weighted by Gasteiger charge is -2.32. The second-order valence-electron chi connectivity index (χ2n) is 9.25. The third kappa shape index (κ3) is 5.51. The van der Waals surface area contributed by atoms with Crippen LogP contribution in [0, 0.1) is 0 Å². The smallest absolute Gasteiger partial charge is 0.265 e. The average molecular weight is 562 g/mol. The first-order valence-electron chi connectivity index (χ1n) is 12.3. The van der Waals surface area contributed by atoms with Crippen LogP contribution in [0.2, 0.25) is 0 Å². The number of fused-ring (bicyclic) bond motifs is 1. The number of piperidine rings is 1. The van der Waals surface area contributed by atoms with Crippen molar-refractivity contribution in [3.8, 4) is 5.88 Å². The van der Waals surface area contributed by atoms with Gasteiger partial charge >= 0.3 is 0 Å². The number of nitrogens with one attached hydrogen (secondary N) is 1. The van der Waals surface area contributed by atoms with Gasteiger partial charge in [0, 0.05) is 49.0 Å². The molecule has 1 saturated heterocycles. The molecule has 0 spiro atoms. The topological polar surface area (TPSA) is 89.3 Å². The molecule has 2 aromatic heterocycles. The third-order valence-corrected chi connectivity index (χ3v) is 7.38. The number of benzene rings is 2. The van der Waals surface area contributed by atoms with E-state index >= 15 is 0 Å². The molecule has 1 aliphatic rings. The Kier molecular flexibility index (Phi) is 7.23. The van der Waals surface area contributed by atoms with Crippen LogP contribution in [0.15, 0.2) is 71.5 Å². The largest absolute Gasteiger partial charge is 0.465 e. The SMILES string of the molecule is CC(Oc1ccccn1)C(=O)Nc1ccc(C2CCN(C(=O)c3ccc4c(Br)nn(C)c4c3)CC2)cc1. The first kappa shape index (κ1) is 25.0. The Bertz CT molecular complexity index is 1410. The number of rotatable bonds is 6. The summed E-state index contributed by atoms with van der Waals surface area (Å²) >= 11 is 3.46. The molecule has 1 aliphatic heterocycles. The number of hydrogen-bond donors (Lipinski definition) is 1. The monoisotopic (exact) mass is 561 g/mol. The lowest BCUT2D eigenvalue weighted by atomic mass is 9.89. The summed E-state index contributed by atoms with van der Waals surface area (Å²) in [6, 6.07) is 19.0. The quantitative estimate of drug-likeness (QED) is 0.351. The lowest BCUT2D eigenvalue weighted by Crippen LogP contribution is -2.37. The summed E-state index contributed by atoms with van der Waals surface area (Å²) in [5.41, 5.74) is 3.54. The van der Waals surface area contributed by atoms with Gasteiger partial charge in [-0.05, 0) is 83.6 Å². The summed E-state index contributed by atoms with van der Waals surface area (Å²) in [7, 11) is 1.88. The van der Waals surface area contributed by atoms with Crippen molar-refractivity contribution in [1.29, 1.82) is 0 Å². The number of carbonyl (C=O) groups is 2. The number of likely N-dealkylation sites (tertiary alicyclic amines) is 1. The summed E-state index contributed by atoms with van der Waals surface area (Å²) in [4.78, 5) is 31.7. The van der Waals surface area contributed by atoms with E-state index in [1.807, 2.05) is 48.3 Å². The van der Waals surface area contributed by atoms with Gasteiger partial charge in [-0.3, -0.25) is 14.3 Å². The number of anilines is 1. The minimum Gasteiger partial charge on any atom is -0.465 e. The molecule has 1 fully saturated rings. The molecule has 190 valence electrons. The van der Waals surface area contributed by atoms with Crippen molar-refractivity contribution in [3.63, 3.8) is 0 Å². The zero-order valence-electron chi connectivity index (χ0n) is 20.7. The van der Waals surface area contributed by atoms with Crippen LogP contribution >= 0.6 is 15.9 Å². The Balaban J connectivity index is 1.15. The molecule has 1 unspecified atom stereocenters. The van der Waals surface area contributed by atoms with E-state index < -0.39 is 6.10 Å². The third-order valence-electron chi connectivity index (χ3n) is 6.79. The van der Waals surface area contributed by atoms with Crippen molar-refractivity contribution in [2.45, 2.75) is 31.8 Å². The normalized spacial score (nSPS) is 14.9. The molecule has 2 amide bonds. The number of aromatic nitrogens is 3. The predicted octanol–water partition coefficient (Wildman–Crippen LogP) is 5.16. The number of carbonyl (C=O) groups excluding carboxylic acids is 2. The van der Waals surface area contributed by atoms with Gasteiger partial charge in [0.2, 0.25) is 5.88 Å². The molecule has 0 radical (unpaired) electrons. The minimum absolute atomic E-state index is 0.0535. The van der Waals surface area contributed by atoms with Crippen LogP contribution in [0.5, 0.6) is 5.88 Å². The zero-order valence-corrected chi connectivity index (χ0v) is 22.3. The highest BCUT2D eigenvalue weighted by Gasteiger charge is 2.25. The maximum Gasteiger partial charge on any atom is 0.265 e. The highest BCUT2D eigenvalue weighted by Crippen LogP contribution is 2.30. The van der Waals surface area contributed by atoms with Gasteiger partial charge in [0.25, 0.3) is 11.8 Å². The average Bonchev–Trinajstić information content (AvgIpc) is 3.21. The molecule has 0 aliphatic carbocycles. The van der Waals surface area contributed by atoms with Gasteiger partial charge in [0.15, 0.2) is 6.10 Å². The summed E-state index contributed by atoms with van der Waals surface area (Å²) < 4.78 is 8.16. The Morgan fingerprint density at radius 1 is 1.08 bits per heavy atom. The number of halogens is 1. The Labute approximate surface area is 223 Å². The van der Waals surface area contributed by atoms with Crippen molar-refractivity contribution in [2.75, 3.05) is 18.4 Å². The second kappa shape index (κ2) is 10.7. The van der Waals surface area contributed by atoms with Crippen LogP contribution < -0.4 is 10.1 Å². The molecule has 1 atom stereocenters. The van der Waals surface area contributed by atoms with Gasteiger partial charge in [-0.25, -0.2) is 4.98 Å². The van der Waals surface area contributed by atoms with Crippen LogP contribution in [0.1, 0.15) is 41.6 Å². The van der Waals surface area contributed by atoms with Crippen LogP contribution in [0.25, 0.3) is 10.9 Å². The summed E-state index contributed by atoms with van der Waals surface area (Å²) in [6.45, 7) is 3.11. The van der Waals surface area contributed by atoms with Crippen LogP contribution in [-0.2, 0) is 11.8 Å². The van der Waals surface area contributed by atoms with Gasteiger partial charge in [0.05, 0.1) is 5.52 Å². The fourth-order valence-corrected chi connectivity index (χ4v) is 5.25. The van der Waals surface area contributed by atoms with E-state index in [1.165, 1.54) is 5.56 Å². The van der Waals surface area contributed by atoms with E-state index in [0.717, 1.165) is 34.0 Å². The van der Waals surface area contributed by atoms with E-state index in [2.05, 4.69) is 43.5 Å². The molecule has 0 saturated carbocycles. The number of aryl methyl sites for hydroxylation is 1. The number of pyridine rings is 1. The van der Waals surface area contributed by atoms with Gasteiger partial charge in [-0.1, -0.05) is 18.2 Å². The molecule has 0 bridgehead atoms. The molecule has 5 rings (SSSR count). The molecule has 1 N–H and O–H groups in total. The van der Waals surface area contributed by atoms with E-state index in [9.17, 15) is 9.59 Å². The van der Waals surface area contributed by atoms with Gasteiger partial charge in [-0.15, -0.1) is 0 Å². The van der Waals surface area contributed by atoms with Gasteiger partial charge in [-0.2, -0.15) is 5.10 Å². The Morgan fingerprint density at radius 2 is 1.84 bits per heavy atom. The zero-order chi connectivity index (χ0) is 25.9.